The molecular formula is C10H15N3O2. The number of aliphatic carboxylic acids is 1. The molecule has 0 aliphatic heterocycles. The van der Waals surface area contributed by atoms with Crippen LogP contribution >= 0.6 is 0 Å². The lowest BCUT2D eigenvalue weighted by molar-refractivity contribution is -0.137. The van der Waals surface area contributed by atoms with E-state index >= 15 is 0 Å². The van der Waals surface area contributed by atoms with Crippen LogP contribution in [0.2, 0.25) is 0 Å². The SMILES string of the molecule is Cc1cnc(N(C)CCCC(=O)O)nc1. The quantitative estimate of drug-likeness (QED) is 0.786. The minimum atomic E-state index is -0.770. The second-order valence-corrected chi connectivity index (χ2v) is 3.48. The highest BCUT2D eigenvalue weighted by Gasteiger charge is 2.04. The van der Waals surface area contributed by atoms with Crippen LogP contribution in [0.5, 0.6) is 0 Å². The summed E-state index contributed by atoms with van der Waals surface area (Å²) in [7, 11) is 1.85. The summed E-state index contributed by atoms with van der Waals surface area (Å²) in [5, 5.41) is 8.48. The lowest BCUT2D eigenvalue weighted by Gasteiger charge is -2.15. The molecule has 1 rings (SSSR count). The van der Waals surface area contributed by atoms with E-state index < -0.39 is 5.97 Å². The van der Waals surface area contributed by atoms with Gasteiger partial charge in [-0.15, -0.1) is 0 Å². The first-order chi connectivity index (χ1) is 7.09. The number of carboxylic acids is 1. The summed E-state index contributed by atoms with van der Waals surface area (Å²) in [5.41, 5.74) is 1.01. The first kappa shape index (κ1) is 11.4. The van der Waals surface area contributed by atoms with Crippen molar-refractivity contribution >= 4 is 11.9 Å². The lowest BCUT2D eigenvalue weighted by Crippen LogP contribution is -2.21. The van der Waals surface area contributed by atoms with Crippen LogP contribution in [-0.2, 0) is 4.79 Å². The summed E-state index contributed by atoms with van der Waals surface area (Å²) in [6.45, 7) is 2.57. The molecule has 0 saturated heterocycles. The van der Waals surface area contributed by atoms with Gasteiger partial charge in [0, 0.05) is 32.4 Å². The van der Waals surface area contributed by atoms with Gasteiger partial charge in [0.1, 0.15) is 0 Å². The largest absolute Gasteiger partial charge is 0.481 e. The predicted octanol–water partition coefficient (Wildman–Crippen LogP) is 1.09. The minimum absolute atomic E-state index is 0.177. The molecule has 0 amide bonds. The van der Waals surface area contributed by atoms with Crippen molar-refractivity contribution < 1.29 is 9.90 Å². The molecule has 5 heteroatoms. The Bertz CT molecular complexity index is 324. The molecule has 1 aromatic heterocycles. The third-order valence-corrected chi connectivity index (χ3v) is 1.99. The third-order valence-electron chi connectivity index (χ3n) is 1.99. The molecule has 5 nitrogen and oxygen atoms in total. The van der Waals surface area contributed by atoms with Gasteiger partial charge in [-0.2, -0.15) is 0 Å². The van der Waals surface area contributed by atoms with Crippen molar-refractivity contribution in [2.45, 2.75) is 19.8 Å². The van der Waals surface area contributed by atoms with Gasteiger partial charge < -0.3 is 10.0 Å². The Balaban J connectivity index is 2.43. The van der Waals surface area contributed by atoms with E-state index in [9.17, 15) is 4.79 Å². The Morgan fingerprint density at radius 3 is 2.60 bits per heavy atom. The average molecular weight is 209 g/mol. The molecule has 1 N–H and O–H groups in total. The molecule has 1 heterocycles. The van der Waals surface area contributed by atoms with Gasteiger partial charge in [-0.05, 0) is 18.9 Å². The average Bonchev–Trinajstić information content (AvgIpc) is 2.18. The second kappa shape index (κ2) is 5.29. The van der Waals surface area contributed by atoms with Crippen LogP contribution in [0.1, 0.15) is 18.4 Å². The highest BCUT2D eigenvalue weighted by atomic mass is 16.4. The number of aryl methyl sites for hydroxylation is 1. The zero-order valence-corrected chi connectivity index (χ0v) is 8.97. The minimum Gasteiger partial charge on any atom is -0.481 e. The van der Waals surface area contributed by atoms with Crippen molar-refractivity contribution in [2.75, 3.05) is 18.5 Å². The predicted molar refractivity (Wildman–Crippen MR) is 56.9 cm³/mol. The van der Waals surface area contributed by atoms with Gasteiger partial charge in [0.05, 0.1) is 0 Å². The number of carbonyl (C=O) groups is 1. The number of carboxylic acid groups (broad SMARTS) is 1. The smallest absolute Gasteiger partial charge is 0.303 e. The zero-order valence-electron chi connectivity index (χ0n) is 8.97. The Labute approximate surface area is 88.8 Å². The van der Waals surface area contributed by atoms with E-state index in [0.29, 0.717) is 18.9 Å². The molecule has 15 heavy (non-hydrogen) atoms. The van der Waals surface area contributed by atoms with Crippen molar-refractivity contribution in [3.8, 4) is 0 Å². The van der Waals surface area contributed by atoms with Crippen LogP contribution < -0.4 is 4.90 Å². The van der Waals surface area contributed by atoms with E-state index in [1.807, 2.05) is 18.9 Å². The summed E-state index contributed by atoms with van der Waals surface area (Å²) in [6, 6.07) is 0. The topological polar surface area (TPSA) is 66.3 Å². The molecule has 0 aliphatic rings. The van der Waals surface area contributed by atoms with Gasteiger partial charge in [0.15, 0.2) is 0 Å². The maximum atomic E-state index is 10.3. The molecule has 0 atom stereocenters. The second-order valence-electron chi connectivity index (χ2n) is 3.48. The maximum Gasteiger partial charge on any atom is 0.303 e. The van der Waals surface area contributed by atoms with Crippen molar-refractivity contribution in [2.24, 2.45) is 0 Å². The van der Waals surface area contributed by atoms with Gasteiger partial charge in [-0.3, -0.25) is 4.79 Å². The van der Waals surface area contributed by atoms with Crippen LogP contribution in [0.25, 0.3) is 0 Å². The third kappa shape index (κ3) is 3.93. The van der Waals surface area contributed by atoms with Crippen LogP contribution in [0.15, 0.2) is 12.4 Å². The monoisotopic (exact) mass is 209 g/mol. The van der Waals surface area contributed by atoms with Crippen molar-refractivity contribution in [1.82, 2.24) is 9.97 Å². The number of hydrogen-bond acceptors (Lipinski definition) is 4. The molecule has 0 aromatic carbocycles. The van der Waals surface area contributed by atoms with E-state index in [0.717, 1.165) is 5.56 Å². The number of aromatic nitrogens is 2. The molecular weight excluding hydrogens is 194 g/mol. The summed E-state index contributed by atoms with van der Waals surface area (Å²) in [6.07, 6.45) is 4.27. The van der Waals surface area contributed by atoms with Gasteiger partial charge >= 0.3 is 5.97 Å². The van der Waals surface area contributed by atoms with Crippen molar-refractivity contribution in [3.63, 3.8) is 0 Å². The Kier molecular flexibility index (Phi) is 4.03. The van der Waals surface area contributed by atoms with Gasteiger partial charge in [-0.25, -0.2) is 9.97 Å². The molecule has 0 fully saturated rings. The Hall–Kier alpha value is -1.65. The van der Waals surface area contributed by atoms with Gasteiger partial charge in [0.2, 0.25) is 5.95 Å². The van der Waals surface area contributed by atoms with Gasteiger partial charge in [-0.1, -0.05) is 0 Å². The van der Waals surface area contributed by atoms with Crippen LogP contribution in [0.4, 0.5) is 5.95 Å². The van der Waals surface area contributed by atoms with Gasteiger partial charge in [0.25, 0.3) is 0 Å². The molecule has 1 aromatic rings. The first-order valence-corrected chi connectivity index (χ1v) is 4.81. The van der Waals surface area contributed by atoms with Crippen LogP contribution in [-0.4, -0.2) is 34.6 Å². The fourth-order valence-corrected chi connectivity index (χ4v) is 1.15. The number of anilines is 1. The van der Waals surface area contributed by atoms with E-state index in [-0.39, 0.29) is 6.42 Å². The normalized spacial score (nSPS) is 10.0. The first-order valence-electron chi connectivity index (χ1n) is 4.81. The lowest BCUT2D eigenvalue weighted by atomic mass is 10.3. The maximum absolute atomic E-state index is 10.3. The molecule has 0 saturated carbocycles. The number of nitrogens with zero attached hydrogens (tertiary/aromatic N) is 3. The van der Waals surface area contributed by atoms with E-state index in [1.165, 1.54) is 0 Å². The summed E-state index contributed by atoms with van der Waals surface area (Å²) < 4.78 is 0. The fraction of sp³-hybridized carbons (Fsp3) is 0.500. The van der Waals surface area contributed by atoms with Crippen LogP contribution in [0, 0.1) is 6.92 Å². The van der Waals surface area contributed by atoms with E-state index in [2.05, 4.69) is 9.97 Å². The van der Waals surface area contributed by atoms with E-state index in [4.69, 9.17) is 5.11 Å². The molecule has 0 bridgehead atoms. The summed E-state index contributed by atoms with van der Waals surface area (Å²) >= 11 is 0. The number of hydrogen-bond donors (Lipinski definition) is 1. The Morgan fingerprint density at radius 2 is 2.07 bits per heavy atom. The standard InChI is InChI=1S/C10H15N3O2/c1-8-6-11-10(12-7-8)13(2)5-3-4-9(14)15/h6-7H,3-5H2,1-2H3,(H,14,15). The molecule has 0 radical (unpaired) electrons. The molecule has 0 aliphatic carbocycles. The highest BCUT2D eigenvalue weighted by molar-refractivity contribution is 5.66. The number of rotatable bonds is 5. The highest BCUT2D eigenvalue weighted by Crippen LogP contribution is 2.05. The van der Waals surface area contributed by atoms with Crippen molar-refractivity contribution in [1.29, 1.82) is 0 Å². The van der Waals surface area contributed by atoms with E-state index in [1.54, 1.807) is 12.4 Å². The summed E-state index contributed by atoms with van der Waals surface area (Å²) in [5.74, 6) is -0.140. The fourth-order valence-electron chi connectivity index (χ4n) is 1.15. The summed E-state index contributed by atoms with van der Waals surface area (Å²) in [4.78, 5) is 20.4. The molecule has 0 spiro atoms. The zero-order chi connectivity index (χ0) is 11.3. The molecule has 82 valence electrons. The Morgan fingerprint density at radius 1 is 1.47 bits per heavy atom. The van der Waals surface area contributed by atoms with Crippen LogP contribution in [0.3, 0.4) is 0 Å². The van der Waals surface area contributed by atoms with Crippen molar-refractivity contribution in [3.05, 3.63) is 18.0 Å². The molecule has 0 unspecified atom stereocenters.